The number of fused-ring (bicyclic) bond motifs is 1. The van der Waals surface area contributed by atoms with E-state index in [0.29, 0.717) is 61.2 Å². The first-order chi connectivity index (χ1) is 16.2. The van der Waals surface area contributed by atoms with Crippen molar-refractivity contribution in [2.24, 2.45) is 0 Å². The molecule has 34 heavy (non-hydrogen) atoms. The molecular weight excluding hydrogens is 467 g/mol. The largest absolute Gasteiger partial charge is 0.412 e. The fourth-order valence-electron chi connectivity index (χ4n) is 4.49. The Labute approximate surface area is 201 Å². The van der Waals surface area contributed by atoms with Crippen molar-refractivity contribution in [3.05, 3.63) is 38.3 Å². The first kappa shape index (κ1) is 26.4. The number of hydrogen-bond acceptors (Lipinski definition) is 5. The van der Waals surface area contributed by atoms with Gasteiger partial charge in [-0.25, -0.2) is 4.79 Å². The van der Waals surface area contributed by atoms with Crippen molar-refractivity contribution in [2.45, 2.75) is 71.1 Å². The third-order valence-electron chi connectivity index (χ3n) is 6.44. The summed E-state index contributed by atoms with van der Waals surface area (Å²) in [6.45, 7) is 3.97. The lowest BCUT2D eigenvalue weighted by Gasteiger charge is -2.26. The predicted molar refractivity (Wildman–Crippen MR) is 128 cm³/mol. The molecule has 0 fully saturated rings. The zero-order chi connectivity index (χ0) is 24.9. The monoisotopic (exact) mass is 499 g/mol. The molecule has 0 saturated carbocycles. The fourth-order valence-corrected chi connectivity index (χ4v) is 5.78. The van der Waals surface area contributed by atoms with Crippen LogP contribution in [0.4, 0.5) is 23.0 Å². The number of unbranched alkanes of at least 4 members (excludes halogenated alkanes) is 1. The second kappa shape index (κ2) is 11.5. The second-order valence-electron chi connectivity index (χ2n) is 8.78. The number of nitrogens with one attached hydrogen (secondary N) is 3. The Hall–Kier alpha value is -2.17. The molecule has 10 heteroatoms. The van der Waals surface area contributed by atoms with E-state index in [-0.39, 0.29) is 12.1 Å². The average Bonchev–Trinajstić information content (AvgIpc) is 3.13. The number of allylic oxidation sites excluding steroid dienone is 1. The molecule has 2 heterocycles. The Morgan fingerprint density at radius 2 is 2.09 bits per heavy atom. The maximum absolute atomic E-state index is 13.7. The maximum atomic E-state index is 13.7. The Bertz CT molecular complexity index is 982. The lowest BCUT2D eigenvalue weighted by Crippen LogP contribution is -2.34. The highest BCUT2D eigenvalue weighted by molar-refractivity contribution is 7.16. The van der Waals surface area contributed by atoms with Gasteiger partial charge in [-0.3, -0.25) is 10.1 Å². The number of hydrogen-bond donors (Lipinski definition) is 4. The van der Waals surface area contributed by atoms with E-state index in [1.54, 1.807) is 0 Å². The molecule has 4 N–H and O–H groups in total. The van der Waals surface area contributed by atoms with Crippen LogP contribution in [0.1, 0.15) is 66.8 Å². The van der Waals surface area contributed by atoms with Gasteiger partial charge in [0, 0.05) is 30.0 Å². The molecule has 1 atom stereocenters. The van der Waals surface area contributed by atoms with Crippen LogP contribution in [0.25, 0.3) is 0 Å². The summed E-state index contributed by atoms with van der Waals surface area (Å²) in [4.78, 5) is 25.2. The molecule has 1 aliphatic heterocycles. The minimum Gasteiger partial charge on any atom is -0.393 e. The summed E-state index contributed by atoms with van der Waals surface area (Å²) in [5.74, 6) is 0. The van der Waals surface area contributed by atoms with E-state index in [0.717, 1.165) is 42.2 Å². The van der Waals surface area contributed by atoms with E-state index in [2.05, 4.69) is 16.0 Å². The van der Waals surface area contributed by atoms with Crippen molar-refractivity contribution < 1.29 is 27.9 Å². The summed E-state index contributed by atoms with van der Waals surface area (Å²) < 4.78 is 41.1. The number of aliphatic hydroxyl groups is 1. The number of aliphatic hydroxyl groups excluding tert-OH is 1. The van der Waals surface area contributed by atoms with Gasteiger partial charge in [0.15, 0.2) is 6.29 Å². The predicted octanol–water partition coefficient (Wildman–Crippen LogP) is 4.89. The van der Waals surface area contributed by atoms with Crippen LogP contribution in [-0.2, 0) is 12.8 Å². The number of urea groups is 1. The highest BCUT2D eigenvalue weighted by Gasteiger charge is 2.34. The minimum atomic E-state index is -4.50. The van der Waals surface area contributed by atoms with Crippen molar-refractivity contribution in [3.63, 3.8) is 0 Å². The lowest BCUT2D eigenvalue weighted by molar-refractivity contribution is -0.0921. The molecular formula is C24H32F3N3O3S. The topological polar surface area (TPSA) is 90.5 Å². The molecule has 0 saturated heterocycles. The van der Waals surface area contributed by atoms with Crippen LogP contribution in [-0.4, -0.2) is 49.3 Å². The van der Waals surface area contributed by atoms with Gasteiger partial charge >= 0.3 is 12.2 Å². The number of alkyl halides is 3. The molecule has 6 nitrogen and oxygen atoms in total. The Balaban J connectivity index is 1.81. The molecule has 0 aromatic carbocycles. The summed E-state index contributed by atoms with van der Waals surface area (Å²) in [7, 11) is 0. The van der Waals surface area contributed by atoms with Crippen LogP contribution in [0.15, 0.2) is 22.3 Å². The van der Waals surface area contributed by atoms with E-state index in [1.807, 2.05) is 6.92 Å². The third-order valence-corrected chi connectivity index (χ3v) is 7.63. The Morgan fingerprint density at radius 3 is 2.76 bits per heavy atom. The zero-order valence-electron chi connectivity index (χ0n) is 19.5. The van der Waals surface area contributed by atoms with Gasteiger partial charge in [0.1, 0.15) is 5.00 Å². The highest BCUT2D eigenvalue weighted by atomic mass is 32.1. The van der Waals surface area contributed by atoms with Gasteiger partial charge in [-0.2, -0.15) is 13.2 Å². The average molecular weight is 500 g/mol. The van der Waals surface area contributed by atoms with Gasteiger partial charge < -0.3 is 15.7 Å². The summed E-state index contributed by atoms with van der Waals surface area (Å²) in [5, 5.41) is 18.7. The molecule has 3 rings (SSSR count). The molecule has 1 aliphatic carbocycles. The second-order valence-corrected chi connectivity index (χ2v) is 9.89. The van der Waals surface area contributed by atoms with Gasteiger partial charge in [-0.15, -0.1) is 11.3 Å². The van der Waals surface area contributed by atoms with Gasteiger partial charge in [0.2, 0.25) is 0 Å². The van der Waals surface area contributed by atoms with Gasteiger partial charge in [0.05, 0.1) is 11.7 Å². The molecule has 2 amide bonds. The van der Waals surface area contributed by atoms with Crippen LogP contribution >= 0.6 is 11.3 Å². The Morgan fingerprint density at radius 1 is 1.32 bits per heavy atom. The zero-order valence-corrected chi connectivity index (χ0v) is 20.3. The van der Waals surface area contributed by atoms with Crippen molar-refractivity contribution in [2.75, 3.05) is 25.0 Å². The molecule has 1 unspecified atom stereocenters. The SMILES string of the molecule is CCCCC1=C(/C(CNC(=O)Nc2sc3c(c2C=O)CCC(O)C3)=C(\C)C(F)(F)F)CCNC1. The fraction of sp³-hybridized carbons (Fsp3) is 0.583. The van der Waals surface area contributed by atoms with Crippen LogP contribution in [0.5, 0.6) is 0 Å². The first-order valence-corrected chi connectivity index (χ1v) is 12.5. The van der Waals surface area contributed by atoms with E-state index in [1.165, 1.54) is 11.3 Å². The number of aldehydes is 1. The molecule has 0 radical (unpaired) electrons. The number of carbonyl (C=O) groups excluding carboxylic acids is 2. The number of thiophene rings is 1. The van der Waals surface area contributed by atoms with Crippen molar-refractivity contribution in [1.82, 2.24) is 10.6 Å². The van der Waals surface area contributed by atoms with Crippen LogP contribution in [0.2, 0.25) is 0 Å². The minimum absolute atomic E-state index is 0.111. The van der Waals surface area contributed by atoms with Crippen LogP contribution in [0, 0.1) is 0 Å². The van der Waals surface area contributed by atoms with E-state index in [4.69, 9.17) is 0 Å². The quantitative estimate of drug-likeness (QED) is 0.384. The van der Waals surface area contributed by atoms with Gasteiger partial charge in [-0.05, 0) is 62.3 Å². The van der Waals surface area contributed by atoms with Crippen LogP contribution in [0.3, 0.4) is 0 Å². The van der Waals surface area contributed by atoms with Crippen LogP contribution < -0.4 is 16.0 Å². The molecule has 1 aromatic heterocycles. The van der Waals surface area contributed by atoms with Crippen molar-refractivity contribution in [3.8, 4) is 0 Å². The summed E-state index contributed by atoms with van der Waals surface area (Å²) >= 11 is 1.23. The van der Waals surface area contributed by atoms with E-state index < -0.39 is 23.9 Å². The standard InChI is InChI=1S/C24H32F3N3O3S/c1-3-4-5-15-11-28-9-8-17(15)19(14(2)24(25,26)27)12-29-23(33)30-22-20(13-31)18-7-6-16(32)10-21(18)34-22/h13,16,28,32H,3-12H2,1-2H3,(H2,29,30,33)/b19-14+. The number of amides is 2. The molecule has 0 bridgehead atoms. The molecule has 2 aliphatic rings. The van der Waals surface area contributed by atoms with E-state index in [9.17, 15) is 27.9 Å². The third kappa shape index (κ3) is 6.28. The summed E-state index contributed by atoms with van der Waals surface area (Å²) in [5.41, 5.74) is 2.26. The summed E-state index contributed by atoms with van der Waals surface area (Å²) in [6, 6.07) is -0.667. The number of carbonyl (C=O) groups is 2. The number of anilines is 1. The smallest absolute Gasteiger partial charge is 0.393 e. The molecule has 188 valence electrons. The van der Waals surface area contributed by atoms with E-state index >= 15 is 0 Å². The van der Waals surface area contributed by atoms with Crippen molar-refractivity contribution in [1.29, 1.82) is 0 Å². The first-order valence-electron chi connectivity index (χ1n) is 11.7. The highest BCUT2D eigenvalue weighted by Crippen LogP contribution is 2.37. The van der Waals surface area contributed by atoms with Gasteiger partial charge in [0.25, 0.3) is 0 Å². The lowest BCUT2D eigenvalue weighted by atomic mass is 9.88. The molecule has 1 aromatic rings. The number of rotatable bonds is 8. The van der Waals surface area contributed by atoms with Crippen molar-refractivity contribution >= 4 is 28.7 Å². The number of halogens is 3. The maximum Gasteiger partial charge on any atom is 0.412 e. The summed E-state index contributed by atoms with van der Waals surface area (Å²) in [6.07, 6.45) is 0.233. The normalized spacial score (nSPS) is 19.4. The Kier molecular flexibility index (Phi) is 8.95. The molecule has 0 spiro atoms. The van der Waals surface area contributed by atoms with Gasteiger partial charge in [-0.1, -0.05) is 18.9 Å².